The SMILES string of the molecule is O=C(NC1CCC[N-]C1)C1=CC=C[N-]C1.O=C(NC1CCC[N-]C1)C1CCC[N-]C1.O=[N+]([O-])O.O=[N+]([O-])O.[Co].[Co].[Co].[NH2-].[NH2-]. The maximum Gasteiger partial charge on any atom is 0.291 e. The first-order valence-corrected chi connectivity index (χ1v) is 12.4. The molecule has 0 aromatic carbocycles. The van der Waals surface area contributed by atoms with Gasteiger partial charge in [0, 0.05) is 68.3 Å². The number of amides is 2. The Hall–Kier alpha value is -2.06. The fourth-order valence-corrected chi connectivity index (χ4v) is 3.98. The molecule has 18 nitrogen and oxygen atoms in total. The van der Waals surface area contributed by atoms with Crippen LogP contribution in [-0.2, 0) is 59.9 Å². The smallest absolute Gasteiger partial charge is 0.291 e. The Labute approximate surface area is 282 Å². The van der Waals surface area contributed by atoms with Crippen molar-refractivity contribution >= 4 is 11.8 Å². The number of allylic oxidation sites excluding steroid dienone is 2. The molecule has 0 saturated carbocycles. The van der Waals surface area contributed by atoms with Gasteiger partial charge in [-0.2, -0.15) is 6.20 Å². The first-order chi connectivity index (χ1) is 18.2. The van der Waals surface area contributed by atoms with Crippen LogP contribution in [0.3, 0.4) is 0 Å². The van der Waals surface area contributed by atoms with Gasteiger partial charge >= 0.3 is 0 Å². The van der Waals surface area contributed by atoms with Gasteiger partial charge in [-0.3, -0.25) is 9.59 Å². The third-order valence-corrected chi connectivity index (χ3v) is 5.75. The number of nitrogens with two attached hydrogens (primary N) is 2. The summed E-state index contributed by atoms with van der Waals surface area (Å²) in [5.41, 5.74) is 0.739. The first kappa shape index (κ1) is 50.6. The predicted molar refractivity (Wildman–Crippen MR) is 148 cm³/mol. The summed E-state index contributed by atoms with van der Waals surface area (Å²) in [4.78, 5) is 40.3. The molecule has 0 aromatic heterocycles. The molecule has 8 N–H and O–H groups in total. The van der Waals surface area contributed by atoms with Gasteiger partial charge in [-0.15, -0.1) is 59.5 Å². The van der Waals surface area contributed by atoms with Crippen molar-refractivity contribution in [1.82, 2.24) is 10.6 Å². The number of carbonyl (C=O) groups excluding carboxylic acids is 2. The van der Waals surface area contributed by atoms with E-state index in [1.807, 2.05) is 6.08 Å². The van der Waals surface area contributed by atoms with Gasteiger partial charge in [-0.05, 0) is 24.8 Å². The summed E-state index contributed by atoms with van der Waals surface area (Å²) in [6, 6.07) is 0.506. The van der Waals surface area contributed by atoms with Crippen LogP contribution in [0.5, 0.6) is 0 Å². The Kier molecular flexibility index (Phi) is 36.9. The zero-order valence-electron chi connectivity index (χ0n) is 23.3. The molecule has 21 heteroatoms. The number of carbonyl (C=O) groups is 2. The summed E-state index contributed by atoms with van der Waals surface area (Å²) in [7, 11) is 0. The minimum atomic E-state index is -1.50. The van der Waals surface area contributed by atoms with Gasteiger partial charge in [0.1, 0.15) is 0 Å². The van der Waals surface area contributed by atoms with E-state index in [1.165, 1.54) is 0 Å². The Balaban J connectivity index is -0.000000164. The molecular formula is C22H40Co3N10O8-6. The van der Waals surface area contributed by atoms with E-state index in [0.717, 1.165) is 83.4 Å². The van der Waals surface area contributed by atoms with Crippen LogP contribution < -0.4 is 10.6 Å². The van der Waals surface area contributed by atoms with Crippen molar-refractivity contribution in [3.05, 3.63) is 77.7 Å². The molecule has 3 unspecified atom stereocenters. The molecular weight excluding hydrogens is 709 g/mol. The summed E-state index contributed by atoms with van der Waals surface area (Å²) >= 11 is 0. The summed E-state index contributed by atoms with van der Waals surface area (Å²) in [5.74, 6) is 0.325. The van der Waals surface area contributed by atoms with Crippen LogP contribution in [0.1, 0.15) is 38.5 Å². The summed E-state index contributed by atoms with van der Waals surface area (Å²) in [6.45, 7) is 5.60. The fraction of sp³-hybridized carbons (Fsp3) is 0.727. The molecule has 3 saturated heterocycles. The summed E-state index contributed by atoms with van der Waals surface area (Å²) in [6.07, 6.45) is 11.7. The minimum Gasteiger partial charge on any atom is -0.693 e. The van der Waals surface area contributed by atoms with E-state index in [9.17, 15) is 9.59 Å². The quantitative estimate of drug-likeness (QED) is 0.242. The van der Waals surface area contributed by atoms with Crippen molar-refractivity contribution < 1.29 is 80.5 Å². The molecule has 2 amide bonds. The van der Waals surface area contributed by atoms with Gasteiger partial charge in [-0.25, -0.2) is 0 Å². The van der Waals surface area contributed by atoms with Crippen molar-refractivity contribution in [2.24, 2.45) is 5.92 Å². The van der Waals surface area contributed by atoms with E-state index >= 15 is 0 Å². The van der Waals surface area contributed by atoms with Gasteiger partial charge in [0.15, 0.2) is 0 Å². The third-order valence-electron chi connectivity index (χ3n) is 5.75. The van der Waals surface area contributed by atoms with Crippen molar-refractivity contribution in [3.63, 3.8) is 0 Å². The minimum absolute atomic E-state index is 0. The van der Waals surface area contributed by atoms with Crippen LogP contribution in [-0.4, -0.2) is 90.3 Å². The topological polar surface area (TPSA) is 308 Å². The molecule has 43 heavy (non-hydrogen) atoms. The van der Waals surface area contributed by atoms with Gasteiger partial charge in [0.2, 0.25) is 11.8 Å². The van der Waals surface area contributed by atoms with Crippen LogP contribution >= 0.6 is 0 Å². The van der Waals surface area contributed by atoms with Gasteiger partial charge < -0.3 is 54.6 Å². The standard InChI is InChI=1S/C11H19N3O.C11H16N3O.3Co.2HNO3.2H2N/c2*15-11(9-3-1-5-12-7-9)14-10-4-2-6-13-8-10;;;;2*2-1(3)4;;/h9-10H,1-8H2,(H,14,15);1,3,5,10H,2,4,6-8H2,(H2,12,14,15);;;;2*(H,2,3,4);2*1H2/q-2;-1;;;;;;2*-1/p-1. The van der Waals surface area contributed by atoms with Crippen molar-refractivity contribution in [1.29, 1.82) is 0 Å². The van der Waals surface area contributed by atoms with E-state index in [2.05, 4.69) is 31.9 Å². The molecule has 4 heterocycles. The molecule has 259 valence electrons. The van der Waals surface area contributed by atoms with Crippen LogP contribution in [0.25, 0.3) is 33.6 Å². The molecule has 4 rings (SSSR count). The van der Waals surface area contributed by atoms with E-state index in [0.29, 0.717) is 6.54 Å². The Morgan fingerprint density at radius 3 is 1.60 bits per heavy atom. The maximum absolute atomic E-state index is 11.9. The average Bonchev–Trinajstić information content (AvgIpc) is 2.91. The molecule has 3 fully saturated rings. The second kappa shape index (κ2) is 31.4. The van der Waals surface area contributed by atoms with Crippen molar-refractivity contribution in [3.8, 4) is 0 Å². The van der Waals surface area contributed by atoms with Gasteiger partial charge in [-0.1, -0.05) is 38.0 Å². The second-order valence-electron chi connectivity index (χ2n) is 8.74. The van der Waals surface area contributed by atoms with Crippen molar-refractivity contribution in [2.45, 2.75) is 50.6 Å². The second-order valence-corrected chi connectivity index (χ2v) is 8.74. The van der Waals surface area contributed by atoms with E-state index in [1.54, 1.807) is 12.3 Å². The number of hydrogen-bond donors (Lipinski definition) is 4. The van der Waals surface area contributed by atoms with E-state index in [4.69, 9.17) is 30.6 Å². The van der Waals surface area contributed by atoms with Crippen LogP contribution in [0.2, 0.25) is 0 Å². The summed E-state index contributed by atoms with van der Waals surface area (Å²) in [5, 5.41) is 50.3. The normalized spacial score (nSPS) is 21.2. The number of rotatable bonds is 4. The summed E-state index contributed by atoms with van der Waals surface area (Å²) < 4.78 is 0. The Bertz CT molecular complexity index is 792. The molecule has 3 atom stereocenters. The molecule has 0 bridgehead atoms. The number of piperidine rings is 3. The maximum atomic E-state index is 11.9. The molecule has 0 aliphatic carbocycles. The van der Waals surface area contributed by atoms with Crippen molar-refractivity contribution in [2.75, 3.05) is 45.8 Å². The Morgan fingerprint density at radius 2 is 1.23 bits per heavy atom. The monoisotopic (exact) mass is 749 g/mol. The predicted octanol–water partition coefficient (Wildman–Crippen LogP) is 3.62. The number of hydrogen-bond acceptors (Lipinski definition) is 6. The molecule has 3 radical (unpaired) electrons. The molecule has 0 aromatic rings. The van der Waals surface area contributed by atoms with Crippen LogP contribution in [0.4, 0.5) is 0 Å². The van der Waals surface area contributed by atoms with Gasteiger partial charge in [0.05, 0.1) is 0 Å². The average molecular weight is 749 g/mol. The van der Waals surface area contributed by atoms with Gasteiger partial charge in [0.25, 0.3) is 10.2 Å². The zero-order chi connectivity index (χ0) is 28.2. The zero-order valence-corrected chi connectivity index (χ0v) is 26.5. The largest absolute Gasteiger partial charge is 0.693 e. The van der Waals surface area contributed by atoms with E-state index in [-0.39, 0.29) is 92.5 Å². The van der Waals surface area contributed by atoms with E-state index < -0.39 is 10.2 Å². The molecule has 0 spiro atoms. The first-order valence-electron chi connectivity index (χ1n) is 12.4. The van der Waals surface area contributed by atoms with Crippen LogP contribution in [0.15, 0.2) is 23.9 Å². The molecule has 4 aliphatic heterocycles. The number of nitrogens with one attached hydrogen (secondary N) is 2. The number of nitrogens with zero attached hydrogens (tertiary/aromatic N) is 6. The molecule has 4 aliphatic rings. The van der Waals surface area contributed by atoms with Crippen LogP contribution in [0, 0.1) is 26.1 Å². The third kappa shape index (κ3) is 27.2. The fourth-order valence-electron chi connectivity index (χ4n) is 3.98. The Morgan fingerprint density at radius 1 is 0.791 bits per heavy atom.